The smallest absolute Gasteiger partial charge is 0.226 e. The van der Waals surface area contributed by atoms with E-state index in [0.717, 1.165) is 6.42 Å². The number of rotatable bonds is 5. The van der Waals surface area contributed by atoms with Crippen LogP contribution in [-0.4, -0.2) is 42.7 Å². The lowest BCUT2D eigenvalue weighted by molar-refractivity contribution is -0.135. The molecule has 0 heterocycles. The SMILES string of the molecule is CN(CCO)C(=O)C(CN)CC(C)(C)C. The third-order valence-electron chi connectivity index (χ3n) is 2.30. The van der Waals surface area contributed by atoms with Gasteiger partial charge in [-0.25, -0.2) is 0 Å². The van der Waals surface area contributed by atoms with Crippen molar-refractivity contribution in [2.45, 2.75) is 27.2 Å². The molecule has 0 bridgehead atoms. The quantitative estimate of drug-likeness (QED) is 0.701. The van der Waals surface area contributed by atoms with E-state index in [0.29, 0.717) is 13.1 Å². The molecule has 4 nitrogen and oxygen atoms in total. The maximum Gasteiger partial charge on any atom is 0.226 e. The first-order valence-corrected chi connectivity index (χ1v) is 5.37. The summed E-state index contributed by atoms with van der Waals surface area (Å²) in [6.07, 6.45) is 0.776. The van der Waals surface area contributed by atoms with Crippen LogP contribution in [0, 0.1) is 11.3 Å². The number of carbonyl (C=O) groups excluding carboxylic acids is 1. The Bertz CT molecular complexity index is 199. The molecule has 0 aromatic heterocycles. The summed E-state index contributed by atoms with van der Waals surface area (Å²) in [5.74, 6) is -0.108. The molecule has 1 atom stereocenters. The van der Waals surface area contributed by atoms with Crippen molar-refractivity contribution in [2.24, 2.45) is 17.1 Å². The fraction of sp³-hybridized carbons (Fsp3) is 0.909. The minimum Gasteiger partial charge on any atom is -0.395 e. The molecule has 0 aromatic carbocycles. The zero-order valence-corrected chi connectivity index (χ0v) is 10.3. The first-order valence-electron chi connectivity index (χ1n) is 5.37. The van der Waals surface area contributed by atoms with Crippen molar-refractivity contribution in [2.75, 3.05) is 26.7 Å². The lowest BCUT2D eigenvalue weighted by atomic mass is 9.84. The molecule has 90 valence electrons. The minimum atomic E-state index is -0.137. The van der Waals surface area contributed by atoms with Crippen molar-refractivity contribution in [1.29, 1.82) is 0 Å². The second-order valence-corrected chi connectivity index (χ2v) is 5.18. The number of carbonyl (C=O) groups is 1. The van der Waals surface area contributed by atoms with Crippen molar-refractivity contribution < 1.29 is 9.90 Å². The summed E-state index contributed by atoms with van der Waals surface area (Å²) in [7, 11) is 1.70. The number of aliphatic hydroxyl groups excluding tert-OH is 1. The fourth-order valence-electron chi connectivity index (χ4n) is 1.58. The van der Waals surface area contributed by atoms with Crippen LogP contribution in [0.25, 0.3) is 0 Å². The van der Waals surface area contributed by atoms with E-state index in [2.05, 4.69) is 20.8 Å². The van der Waals surface area contributed by atoms with Crippen LogP contribution >= 0.6 is 0 Å². The minimum absolute atomic E-state index is 0.00491. The molecule has 0 aliphatic heterocycles. The topological polar surface area (TPSA) is 66.6 Å². The van der Waals surface area contributed by atoms with Crippen LogP contribution < -0.4 is 5.73 Å². The summed E-state index contributed by atoms with van der Waals surface area (Å²) in [5.41, 5.74) is 5.70. The summed E-state index contributed by atoms with van der Waals surface area (Å²) in [6, 6.07) is 0. The Morgan fingerprint density at radius 2 is 2.00 bits per heavy atom. The first kappa shape index (κ1) is 14.4. The predicted octanol–water partition coefficient (Wildman–Crippen LogP) is 0.448. The van der Waals surface area contributed by atoms with Crippen molar-refractivity contribution in [3.8, 4) is 0 Å². The fourth-order valence-corrected chi connectivity index (χ4v) is 1.58. The van der Waals surface area contributed by atoms with Gasteiger partial charge in [0, 0.05) is 20.1 Å². The van der Waals surface area contributed by atoms with Gasteiger partial charge in [0.15, 0.2) is 0 Å². The highest BCUT2D eigenvalue weighted by atomic mass is 16.3. The molecule has 0 fully saturated rings. The molecule has 0 aliphatic carbocycles. The van der Waals surface area contributed by atoms with E-state index in [9.17, 15) is 4.79 Å². The Balaban J connectivity index is 4.34. The Hall–Kier alpha value is -0.610. The maximum absolute atomic E-state index is 11.9. The van der Waals surface area contributed by atoms with Crippen LogP contribution in [0.4, 0.5) is 0 Å². The molecule has 1 amide bonds. The zero-order valence-electron chi connectivity index (χ0n) is 10.3. The number of nitrogens with two attached hydrogens (primary N) is 1. The number of amides is 1. The maximum atomic E-state index is 11.9. The molecule has 0 radical (unpaired) electrons. The van der Waals surface area contributed by atoms with Gasteiger partial charge in [-0.05, 0) is 11.8 Å². The van der Waals surface area contributed by atoms with Crippen molar-refractivity contribution in [3.63, 3.8) is 0 Å². The summed E-state index contributed by atoms with van der Waals surface area (Å²) in [6.45, 7) is 7.01. The van der Waals surface area contributed by atoms with E-state index in [4.69, 9.17) is 10.8 Å². The molecule has 0 spiro atoms. The Morgan fingerprint density at radius 3 is 2.33 bits per heavy atom. The van der Waals surface area contributed by atoms with E-state index in [1.165, 1.54) is 0 Å². The van der Waals surface area contributed by atoms with E-state index in [1.807, 2.05) is 0 Å². The van der Waals surface area contributed by atoms with E-state index in [1.54, 1.807) is 11.9 Å². The highest BCUT2D eigenvalue weighted by Crippen LogP contribution is 2.24. The molecule has 15 heavy (non-hydrogen) atoms. The molecule has 3 N–H and O–H groups in total. The number of nitrogens with zero attached hydrogens (tertiary/aromatic N) is 1. The average Bonchev–Trinajstić information content (AvgIpc) is 2.12. The molecular weight excluding hydrogens is 192 g/mol. The molecule has 0 rings (SSSR count). The van der Waals surface area contributed by atoms with E-state index >= 15 is 0 Å². The number of aliphatic hydroxyl groups is 1. The molecule has 0 saturated heterocycles. The third-order valence-corrected chi connectivity index (χ3v) is 2.30. The molecule has 0 aromatic rings. The zero-order chi connectivity index (χ0) is 12.1. The Labute approximate surface area is 92.4 Å². The average molecular weight is 216 g/mol. The largest absolute Gasteiger partial charge is 0.395 e. The molecule has 1 unspecified atom stereocenters. The summed E-state index contributed by atoms with van der Waals surface area (Å²) >= 11 is 0. The van der Waals surface area contributed by atoms with Crippen molar-refractivity contribution >= 4 is 5.91 Å². The standard InChI is InChI=1S/C11H24N2O2/c1-11(2,3)7-9(8-12)10(15)13(4)5-6-14/h9,14H,5-8,12H2,1-4H3. The summed E-state index contributed by atoms with van der Waals surface area (Å²) < 4.78 is 0. The lowest BCUT2D eigenvalue weighted by Crippen LogP contribution is -2.39. The normalized spacial score (nSPS) is 13.7. The van der Waals surface area contributed by atoms with Gasteiger partial charge in [0.2, 0.25) is 5.91 Å². The monoisotopic (exact) mass is 216 g/mol. The van der Waals surface area contributed by atoms with Gasteiger partial charge in [-0.3, -0.25) is 4.79 Å². The Kier molecular flexibility index (Phi) is 5.83. The van der Waals surface area contributed by atoms with Gasteiger partial charge in [-0.2, -0.15) is 0 Å². The Morgan fingerprint density at radius 1 is 1.47 bits per heavy atom. The van der Waals surface area contributed by atoms with Crippen LogP contribution in [-0.2, 0) is 4.79 Å². The van der Waals surface area contributed by atoms with Gasteiger partial charge in [-0.1, -0.05) is 20.8 Å². The third kappa shape index (κ3) is 5.74. The summed E-state index contributed by atoms with van der Waals surface area (Å²) in [4.78, 5) is 13.4. The van der Waals surface area contributed by atoms with Gasteiger partial charge in [-0.15, -0.1) is 0 Å². The van der Waals surface area contributed by atoms with Crippen LogP contribution in [0.5, 0.6) is 0 Å². The van der Waals surface area contributed by atoms with Gasteiger partial charge >= 0.3 is 0 Å². The van der Waals surface area contributed by atoms with Gasteiger partial charge in [0.25, 0.3) is 0 Å². The molecule has 0 saturated carbocycles. The molecular formula is C11H24N2O2. The van der Waals surface area contributed by atoms with Crippen molar-refractivity contribution in [3.05, 3.63) is 0 Å². The van der Waals surface area contributed by atoms with Gasteiger partial charge in [0.05, 0.1) is 12.5 Å². The number of hydrogen-bond donors (Lipinski definition) is 2. The van der Waals surface area contributed by atoms with E-state index in [-0.39, 0.29) is 23.8 Å². The predicted molar refractivity (Wildman–Crippen MR) is 61.3 cm³/mol. The molecule has 4 heteroatoms. The lowest BCUT2D eigenvalue weighted by Gasteiger charge is -2.27. The van der Waals surface area contributed by atoms with Crippen LogP contribution in [0.3, 0.4) is 0 Å². The van der Waals surface area contributed by atoms with Crippen LogP contribution in [0.2, 0.25) is 0 Å². The summed E-state index contributed by atoms with van der Waals surface area (Å²) in [5, 5.41) is 8.75. The highest BCUT2D eigenvalue weighted by molar-refractivity contribution is 5.78. The van der Waals surface area contributed by atoms with Crippen molar-refractivity contribution in [1.82, 2.24) is 4.90 Å². The second-order valence-electron chi connectivity index (χ2n) is 5.18. The van der Waals surface area contributed by atoms with Crippen LogP contribution in [0.15, 0.2) is 0 Å². The number of hydrogen-bond acceptors (Lipinski definition) is 3. The highest BCUT2D eigenvalue weighted by Gasteiger charge is 2.25. The second kappa shape index (κ2) is 6.08. The first-order chi connectivity index (χ1) is 6.81. The van der Waals surface area contributed by atoms with Crippen LogP contribution in [0.1, 0.15) is 27.2 Å². The van der Waals surface area contributed by atoms with Gasteiger partial charge < -0.3 is 15.7 Å². The van der Waals surface area contributed by atoms with E-state index < -0.39 is 0 Å². The molecule has 0 aliphatic rings. The number of likely N-dealkylation sites (N-methyl/N-ethyl adjacent to an activating group) is 1. The van der Waals surface area contributed by atoms with Gasteiger partial charge in [0.1, 0.15) is 0 Å².